The van der Waals surface area contributed by atoms with Crippen molar-refractivity contribution in [1.29, 1.82) is 0 Å². The van der Waals surface area contributed by atoms with E-state index in [1.54, 1.807) is 12.1 Å². The Kier molecular flexibility index (Phi) is 6.29. The summed E-state index contributed by atoms with van der Waals surface area (Å²) in [6.45, 7) is 3.74. The number of para-hydroxylation sites is 1. The van der Waals surface area contributed by atoms with Gasteiger partial charge in [-0.2, -0.15) is 0 Å². The quantitative estimate of drug-likeness (QED) is 0.611. The van der Waals surface area contributed by atoms with Crippen LogP contribution in [0.5, 0.6) is 0 Å². The molecule has 1 aliphatic rings. The second kappa shape index (κ2) is 9.16. The molecule has 0 saturated heterocycles. The number of aliphatic hydroxyl groups excluding tert-OH is 1. The first-order valence-electron chi connectivity index (χ1n) is 11.1. The van der Waals surface area contributed by atoms with Crippen molar-refractivity contribution in [2.75, 3.05) is 6.61 Å². The van der Waals surface area contributed by atoms with Crippen LogP contribution >= 0.6 is 0 Å². The van der Waals surface area contributed by atoms with Gasteiger partial charge >= 0.3 is 0 Å². The number of carbonyl (C=O) groups excluding carboxylic acids is 2. The van der Waals surface area contributed by atoms with Crippen LogP contribution < -0.4 is 10.9 Å². The number of carbonyl (C=O) groups is 2. The van der Waals surface area contributed by atoms with Crippen molar-refractivity contribution in [3.63, 3.8) is 0 Å². The van der Waals surface area contributed by atoms with Gasteiger partial charge in [-0.05, 0) is 42.0 Å². The maximum Gasteiger partial charge on any atom is 0.268 e. The molecule has 170 valence electrons. The Hall–Kier alpha value is -3.51. The molecule has 0 aliphatic heterocycles. The molecule has 0 radical (unpaired) electrons. The molecule has 2 aromatic carbocycles. The van der Waals surface area contributed by atoms with E-state index < -0.39 is 17.5 Å². The number of ketones is 1. The Labute approximate surface area is 192 Å². The number of hydrogen-bond acceptors (Lipinski definition) is 4. The molecule has 0 bridgehead atoms. The summed E-state index contributed by atoms with van der Waals surface area (Å²) in [6.07, 6.45) is 1.32. The lowest BCUT2D eigenvalue weighted by molar-refractivity contribution is 0.0907. The number of pyridine rings is 1. The molecule has 3 aromatic rings. The topological polar surface area (TPSA) is 88.4 Å². The van der Waals surface area contributed by atoms with E-state index in [1.165, 1.54) is 10.6 Å². The second-order valence-electron chi connectivity index (χ2n) is 9.38. The fourth-order valence-electron chi connectivity index (χ4n) is 4.45. The first-order valence-corrected chi connectivity index (χ1v) is 11.1. The Bertz CT molecular complexity index is 1230. The number of nitrogens with one attached hydrogen (secondary N) is 1. The highest BCUT2D eigenvalue weighted by Gasteiger charge is 2.35. The standard InChI is InChI=1S/C27H28N2O4/c1-27(2)15-23-21(24(31)16-27)14-22(26(33)29(23)20-11-7-4-8-12-20)25(32)28-19(17-30)13-18-9-5-3-6-10-18/h3-12,14,19,30H,13,15-17H2,1-2H3,(H,28,32). The minimum absolute atomic E-state index is 0.0806. The lowest BCUT2D eigenvalue weighted by Gasteiger charge is -2.32. The van der Waals surface area contributed by atoms with Crippen molar-refractivity contribution >= 4 is 11.7 Å². The van der Waals surface area contributed by atoms with Crippen LogP contribution in [0.4, 0.5) is 0 Å². The second-order valence-corrected chi connectivity index (χ2v) is 9.38. The van der Waals surface area contributed by atoms with E-state index in [4.69, 9.17) is 0 Å². The van der Waals surface area contributed by atoms with Crippen LogP contribution in [0.25, 0.3) is 5.69 Å². The fraction of sp³-hybridized carbons (Fsp3) is 0.296. The maximum absolute atomic E-state index is 13.6. The number of rotatable bonds is 6. The van der Waals surface area contributed by atoms with E-state index >= 15 is 0 Å². The van der Waals surface area contributed by atoms with Gasteiger partial charge in [0.2, 0.25) is 0 Å². The molecule has 6 heteroatoms. The van der Waals surface area contributed by atoms with Gasteiger partial charge in [-0.1, -0.05) is 62.4 Å². The van der Waals surface area contributed by atoms with Gasteiger partial charge in [-0.25, -0.2) is 0 Å². The van der Waals surface area contributed by atoms with E-state index in [9.17, 15) is 19.5 Å². The monoisotopic (exact) mass is 444 g/mol. The molecular weight excluding hydrogens is 416 g/mol. The van der Waals surface area contributed by atoms with E-state index in [-0.39, 0.29) is 23.4 Å². The summed E-state index contributed by atoms with van der Waals surface area (Å²) < 4.78 is 1.49. The van der Waals surface area contributed by atoms with Crippen LogP contribution in [0, 0.1) is 5.41 Å². The highest BCUT2D eigenvalue weighted by Crippen LogP contribution is 2.35. The average molecular weight is 445 g/mol. The Morgan fingerprint density at radius 3 is 2.30 bits per heavy atom. The lowest BCUT2D eigenvalue weighted by Crippen LogP contribution is -2.43. The SMILES string of the molecule is CC1(C)CC(=O)c2cc(C(=O)NC(CO)Cc3ccccc3)c(=O)n(-c3ccccc3)c2C1. The lowest BCUT2D eigenvalue weighted by atomic mass is 9.75. The van der Waals surface area contributed by atoms with E-state index in [0.717, 1.165) is 5.56 Å². The van der Waals surface area contributed by atoms with Gasteiger partial charge in [0, 0.05) is 23.4 Å². The van der Waals surface area contributed by atoms with Gasteiger partial charge in [0.05, 0.1) is 12.6 Å². The molecule has 1 heterocycles. The number of nitrogens with zero attached hydrogens (tertiary/aromatic N) is 1. The van der Waals surface area contributed by atoms with Gasteiger partial charge < -0.3 is 10.4 Å². The van der Waals surface area contributed by atoms with Crippen molar-refractivity contribution in [3.8, 4) is 5.69 Å². The minimum atomic E-state index is -0.597. The first-order chi connectivity index (χ1) is 15.8. The molecule has 4 rings (SSSR count). The fourth-order valence-corrected chi connectivity index (χ4v) is 4.45. The zero-order chi connectivity index (χ0) is 23.6. The molecule has 1 unspecified atom stereocenters. The van der Waals surface area contributed by atoms with Crippen molar-refractivity contribution in [2.24, 2.45) is 5.41 Å². The number of aliphatic hydroxyl groups is 1. The predicted molar refractivity (Wildman–Crippen MR) is 127 cm³/mol. The third-order valence-electron chi connectivity index (χ3n) is 6.03. The zero-order valence-electron chi connectivity index (χ0n) is 18.9. The molecule has 1 aromatic heterocycles. The van der Waals surface area contributed by atoms with Crippen LogP contribution in [0.3, 0.4) is 0 Å². The van der Waals surface area contributed by atoms with Crippen LogP contribution in [-0.2, 0) is 12.8 Å². The average Bonchev–Trinajstić information content (AvgIpc) is 2.78. The summed E-state index contributed by atoms with van der Waals surface area (Å²) in [5, 5.41) is 12.6. The predicted octanol–water partition coefficient (Wildman–Crippen LogP) is 3.33. The number of hydrogen-bond donors (Lipinski definition) is 2. The number of fused-ring (bicyclic) bond motifs is 1. The largest absolute Gasteiger partial charge is 0.394 e. The summed E-state index contributed by atoms with van der Waals surface area (Å²) >= 11 is 0. The summed E-state index contributed by atoms with van der Waals surface area (Å²) in [7, 11) is 0. The number of Topliss-reactive ketones (excluding diaryl/α,β-unsaturated/α-hetero) is 1. The van der Waals surface area contributed by atoms with Crippen molar-refractivity contribution in [1.82, 2.24) is 9.88 Å². The van der Waals surface area contributed by atoms with Gasteiger partial charge in [-0.3, -0.25) is 19.0 Å². The van der Waals surface area contributed by atoms with E-state index in [2.05, 4.69) is 5.32 Å². The molecule has 1 aliphatic carbocycles. The maximum atomic E-state index is 13.6. The Balaban J connectivity index is 1.76. The van der Waals surface area contributed by atoms with Crippen LogP contribution in [0.2, 0.25) is 0 Å². The number of benzene rings is 2. The Morgan fingerprint density at radius 1 is 1.03 bits per heavy atom. The summed E-state index contributed by atoms with van der Waals surface area (Å²) in [5.74, 6) is -0.678. The Morgan fingerprint density at radius 2 is 1.67 bits per heavy atom. The smallest absolute Gasteiger partial charge is 0.268 e. The zero-order valence-corrected chi connectivity index (χ0v) is 18.9. The van der Waals surface area contributed by atoms with Gasteiger partial charge in [0.15, 0.2) is 5.78 Å². The summed E-state index contributed by atoms with van der Waals surface area (Å²) in [4.78, 5) is 39.7. The highest BCUT2D eigenvalue weighted by atomic mass is 16.3. The third-order valence-corrected chi connectivity index (χ3v) is 6.03. The molecule has 6 nitrogen and oxygen atoms in total. The van der Waals surface area contributed by atoms with E-state index in [1.807, 2.05) is 62.4 Å². The molecule has 33 heavy (non-hydrogen) atoms. The molecule has 0 saturated carbocycles. The molecule has 0 fully saturated rings. The highest BCUT2D eigenvalue weighted by molar-refractivity contribution is 6.02. The van der Waals surface area contributed by atoms with Gasteiger partial charge in [-0.15, -0.1) is 0 Å². The number of aromatic nitrogens is 1. The summed E-state index contributed by atoms with van der Waals surface area (Å²) in [5.41, 5.74) is 1.76. The normalized spacial score (nSPS) is 15.5. The number of amides is 1. The molecular formula is C27H28N2O4. The molecule has 1 amide bonds. The minimum Gasteiger partial charge on any atom is -0.394 e. The third kappa shape index (κ3) is 4.81. The molecule has 2 N–H and O–H groups in total. The first kappa shape index (κ1) is 22.7. The van der Waals surface area contributed by atoms with Gasteiger partial charge in [0.25, 0.3) is 11.5 Å². The van der Waals surface area contributed by atoms with E-state index in [0.29, 0.717) is 36.2 Å². The summed E-state index contributed by atoms with van der Waals surface area (Å²) in [6, 6.07) is 19.4. The molecule has 0 spiro atoms. The molecule has 1 atom stereocenters. The van der Waals surface area contributed by atoms with Crippen molar-refractivity contribution < 1.29 is 14.7 Å². The van der Waals surface area contributed by atoms with Crippen molar-refractivity contribution in [3.05, 3.63) is 99.5 Å². The van der Waals surface area contributed by atoms with Gasteiger partial charge in [0.1, 0.15) is 5.56 Å². The van der Waals surface area contributed by atoms with Crippen molar-refractivity contribution in [2.45, 2.75) is 39.2 Å². The van der Waals surface area contributed by atoms with Crippen LogP contribution in [0.1, 0.15) is 52.2 Å². The van der Waals surface area contributed by atoms with Crippen LogP contribution in [-0.4, -0.2) is 34.0 Å². The van der Waals surface area contributed by atoms with Crippen LogP contribution in [0.15, 0.2) is 71.5 Å².